The minimum Gasteiger partial charge on any atom is -0.464 e. The maximum absolute atomic E-state index is 12.3. The van der Waals surface area contributed by atoms with E-state index >= 15 is 0 Å². The monoisotopic (exact) mass is 279 g/mol. The molecule has 2 N–H and O–H groups in total. The maximum Gasteiger partial charge on any atom is 0.256 e. The van der Waals surface area contributed by atoms with Crippen molar-refractivity contribution in [2.45, 2.75) is 26.8 Å². The predicted octanol–water partition coefficient (Wildman–Crippen LogP) is 2.89. The normalized spacial score (nSPS) is 12.2. The lowest BCUT2D eigenvalue weighted by Gasteiger charge is -2.12. The van der Waals surface area contributed by atoms with E-state index in [1.807, 2.05) is 32.9 Å². The number of aryl methyl sites for hydroxylation is 2. The average Bonchev–Trinajstić information content (AvgIpc) is 2.95. The highest BCUT2D eigenvalue weighted by Crippen LogP contribution is 2.25. The van der Waals surface area contributed by atoms with Crippen LogP contribution in [-0.4, -0.2) is 17.3 Å². The lowest BCUT2D eigenvalue weighted by molar-refractivity contribution is 0.0935. The molecule has 0 aliphatic rings. The second kappa shape index (κ2) is 5.44. The number of carbonyl (C=O) groups is 1. The van der Waals surface area contributed by atoms with E-state index in [0.717, 1.165) is 22.2 Å². The minimum absolute atomic E-state index is 0.142. The maximum atomic E-state index is 12.3. The standard InChI is InChI=1S/C13H17N3O2S/c1-7-5-6-10(18-7)8(2)15-12(17)11-9(3)16-19-13(11)14-4/h5-6,8,14H,1-4H3,(H,15,17)/t8-/m1/s1. The Kier molecular flexibility index (Phi) is 3.90. The van der Waals surface area contributed by atoms with Gasteiger partial charge in [-0.3, -0.25) is 4.79 Å². The van der Waals surface area contributed by atoms with Crippen LogP contribution in [0, 0.1) is 13.8 Å². The fourth-order valence-corrected chi connectivity index (χ4v) is 2.58. The summed E-state index contributed by atoms with van der Waals surface area (Å²) in [6.07, 6.45) is 0. The van der Waals surface area contributed by atoms with E-state index in [1.54, 1.807) is 7.05 Å². The first-order valence-corrected chi connectivity index (χ1v) is 6.81. The number of nitrogens with one attached hydrogen (secondary N) is 2. The number of furan rings is 1. The molecule has 0 saturated heterocycles. The van der Waals surface area contributed by atoms with Gasteiger partial charge in [0.2, 0.25) is 0 Å². The Balaban J connectivity index is 2.14. The van der Waals surface area contributed by atoms with E-state index in [-0.39, 0.29) is 11.9 Å². The van der Waals surface area contributed by atoms with Crippen molar-refractivity contribution < 1.29 is 9.21 Å². The fraction of sp³-hybridized carbons (Fsp3) is 0.385. The highest BCUT2D eigenvalue weighted by molar-refractivity contribution is 7.10. The van der Waals surface area contributed by atoms with Gasteiger partial charge in [0, 0.05) is 7.05 Å². The number of anilines is 1. The zero-order chi connectivity index (χ0) is 14.0. The molecule has 19 heavy (non-hydrogen) atoms. The molecule has 0 saturated carbocycles. The van der Waals surface area contributed by atoms with Gasteiger partial charge in [-0.15, -0.1) is 0 Å². The average molecular weight is 279 g/mol. The summed E-state index contributed by atoms with van der Waals surface area (Å²) in [5, 5.41) is 6.68. The van der Waals surface area contributed by atoms with Crippen LogP contribution >= 0.6 is 11.5 Å². The quantitative estimate of drug-likeness (QED) is 0.903. The fourth-order valence-electron chi connectivity index (χ4n) is 1.83. The Morgan fingerprint density at radius 1 is 1.42 bits per heavy atom. The van der Waals surface area contributed by atoms with Gasteiger partial charge in [0.1, 0.15) is 16.5 Å². The van der Waals surface area contributed by atoms with Crippen molar-refractivity contribution in [2.24, 2.45) is 0 Å². The summed E-state index contributed by atoms with van der Waals surface area (Å²) in [5.74, 6) is 1.44. The third kappa shape index (κ3) is 2.78. The van der Waals surface area contributed by atoms with Crippen LogP contribution in [0.3, 0.4) is 0 Å². The summed E-state index contributed by atoms with van der Waals surface area (Å²) in [6, 6.07) is 3.58. The van der Waals surface area contributed by atoms with Crippen LogP contribution in [0.2, 0.25) is 0 Å². The van der Waals surface area contributed by atoms with Crippen molar-refractivity contribution in [3.05, 3.63) is 34.9 Å². The summed E-state index contributed by atoms with van der Waals surface area (Å²) < 4.78 is 9.69. The molecule has 2 rings (SSSR count). The van der Waals surface area contributed by atoms with E-state index in [9.17, 15) is 4.79 Å². The van der Waals surface area contributed by atoms with Crippen LogP contribution in [-0.2, 0) is 0 Å². The van der Waals surface area contributed by atoms with Crippen molar-refractivity contribution in [3.63, 3.8) is 0 Å². The van der Waals surface area contributed by atoms with Crippen LogP contribution in [0.25, 0.3) is 0 Å². The molecular formula is C13H17N3O2S. The van der Waals surface area contributed by atoms with Gasteiger partial charge in [0.15, 0.2) is 0 Å². The Labute approximate surface area is 116 Å². The first-order valence-electron chi connectivity index (χ1n) is 6.04. The number of rotatable bonds is 4. The molecule has 0 spiro atoms. The second-order valence-electron chi connectivity index (χ2n) is 4.37. The van der Waals surface area contributed by atoms with Gasteiger partial charge < -0.3 is 15.1 Å². The molecule has 5 nitrogen and oxygen atoms in total. The van der Waals surface area contributed by atoms with Gasteiger partial charge in [0.25, 0.3) is 5.91 Å². The number of amides is 1. The molecule has 1 amide bonds. The zero-order valence-corrected chi connectivity index (χ0v) is 12.2. The minimum atomic E-state index is -0.176. The van der Waals surface area contributed by atoms with Crippen molar-refractivity contribution in [1.29, 1.82) is 0 Å². The molecule has 0 radical (unpaired) electrons. The van der Waals surface area contributed by atoms with E-state index in [4.69, 9.17) is 4.42 Å². The van der Waals surface area contributed by atoms with Crippen LogP contribution in [0.5, 0.6) is 0 Å². The van der Waals surface area contributed by atoms with Crippen molar-refractivity contribution in [2.75, 3.05) is 12.4 Å². The summed E-state index contributed by atoms with van der Waals surface area (Å²) in [5.41, 5.74) is 1.33. The van der Waals surface area contributed by atoms with Gasteiger partial charge >= 0.3 is 0 Å². The van der Waals surface area contributed by atoms with E-state index in [2.05, 4.69) is 15.0 Å². The Bertz CT molecular complexity index is 588. The molecule has 0 aromatic carbocycles. The first-order chi connectivity index (χ1) is 9.02. The second-order valence-corrected chi connectivity index (χ2v) is 5.14. The molecule has 0 fully saturated rings. The highest BCUT2D eigenvalue weighted by atomic mass is 32.1. The largest absolute Gasteiger partial charge is 0.464 e. The molecule has 1 atom stereocenters. The van der Waals surface area contributed by atoms with Crippen LogP contribution < -0.4 is 10.6 Å². The molecule has 2 heterocycles. The van der Waals surface area contributed by atoms with Crippen LogP contribution in [0.15, 0.2) is 16.5 Å². The topological polar surface area (TPSA) is 67.2 Å². The molecular weight excluding hydrogens is 262 g/mol. The van der Waals surface area contributed by atoms with Gasteiger partial charge in [-0.1, -0.05) is 0 Å². The Hall–Kier alpha value is -1.82. The third-order valence-electron chi connectivity index (χ3n) is 2.85. The van der Waals surface area contributed by atoms with Gasteiger partial charge in [-0.2, -0.15) is 4.37 Å². The van der Waals surface area contributed by atoms with Crippen molar-refractivity contribution >= 4 is 22.4 Å². The first kappa shape index (κ1) is 13.6. The zero-order valence-electron chi connectivity index (χ0n) is 11.4. The lowest BCUT2D eigenvalue weighted by Crippen LogP contribution is -2.27. The van der Waals surface area contributed by atoms with E-state index < -0.39 is 0 Å². The smallest absolute Gasteiger partial charge is 0.256 e. The van der Waals surface area contributed by atoms with E-state index in [0.29, 0.717) is 5.56 Å². The van der Waals surface area contributed by atoms with E-state index in [1.165, 1.54) is 11.5 Å². The molecule has 6 heteroatoms. The summed E-state index contributed by atoms with van der Waals surface area (Å²) in [6.45, 7) is 5.60. The summed E-state index contributed by atoms with van der Waals surface area (Å²) >= 11 is 1.29. The summed E-state index contributed by atoms with van der Waals surface area (Å²) in [7, 11) is 1.78. The highest BCUT2D eigenvalue weighted by Gasteiger charge is 2.20. The number of aromatic nitrogens is 1. The Morgan fingerprint density at radius 2 is 2.16 bits per heavy atom. The van der Waals surface area contributed by atoms with Crippen molar-refractivity contribution in [1.82, 2.24) is 9.69 Å². The number of hydrogen-bond donors (Lipinski definition) is 2. The van der Waals surface area contributed by atoms with Gasteiger partial charge in [-0.25, -0.2) is 0 Å². The molecule has 102 valence electrons. The van der Waals surface area contributed by atoms with Crippen molar-refractivity contribution in [3.8, 4) is 0 Å². The van der Waals surface area contributed by atoms with Gasteiger partial charge in [-0.05, 0) is 44.4 Å². The lowest BCUT2D eigenvalue weighted by atomic mass is 10.2. The molecule has 0 bridgehead atoms. The third-order valence-corrected chi connectivity index (χ3v) is 3.81. The number of hydrogen-bond acceptors (Lipinski definition) is 5. The molecule has 0 aliphatic carbocycles. The number of carbonyl (C=O) groups excluding carboxylic acids is 1. The predicted molar refractivity (Wildman–Crippen MR) is 75.7 cm³/mol. The van der Waals surface area contributed by atoms with Crippen LogP contribution in [0.4, 0.5) is 5.00 Å². The van der Waals surface area contributed by atoms with Crippen LogP contribution in [0.1, 0.15) is 40.5 Å². The van der Waals surface area contributed by atoms with Gasteiger partial charge in [0.05, 0.1) is 17.3 Å². The SMILES string of the molecule is CNc1snc(C)c1C(=O)N[C@H](C)c1ccc(C)o1. The molecule has 2 aromatic heterocycles. The Morgan fingerprint density at radius 3 is 2.74 bits per heavy atom. The molecule has 0 aliphatic heterocycles. The summed E-state index contributed by atoms with van der Waals surface area (Å²) in [4.78, 5) is 12.3. The molecule has 2 aromatic rings. The number of nitrogens with zero attached hydrogens (tertiary/aromatic N) is 1. The molecule has 0 unspecified atom stereocenters.